The number of carbonyl (C=O) groups excluding carboxylic acids is 2. The predicted octanol–water partition coefficient (Wildman–Crippen LogP) is 1.52. The minimum atomic E-state index is -4.03. The molecule has 2 aromatic rings. The van der Waals surface area contributed by atoms with Gasteiger partial charge in [0.1, 0.15) is 11.3 Å². The Bertz CT molecular complexity index is 987. The Morgan fingerprint density at radius 2 is 1.82 bits per heavy atom. The van der Waals surface area contributed by atoms with Gasteiger partial charge in [0, 0.05) is 11.6 Å². The van der Waals surface area contributed by atoms with Crippen LogP contribution in [0.25, 0.3) is 0 Å². The molecule has 1 atom stereocenters. The van der Waals surface area contributed by atoms with Crippen LogP contribution in [0.4, 0.5) is 0 Å². The van der Waals surface area contributed by atoms with Gasteiger partial charge in [-0.05, 0) is 31.0 Å². The molecule has 3 rings (SSSR count). The molecule has 28 heavy (non-hydrogen) atoms. The van der Waals surface area contributed by atoms with Crippen molar-refractivity contribution >= 4 is 21.9 Å². The summed E-state index contributed by atoms with van der Waals surface area (Å²) in [6, 6.07) is 12.2. The molecule has 1 aliphatic carbocycles. The molecule has 1 aliphatic rings. The van der Waals surface area contributed by atoms with Crippen LogP contribution in [-0.4, -0.2) is 33.4 Å². The highest BCUT2D eigenvalue weighted by Crippen LogP contribution is 2.27. The zero-order valence-electron chi connectivity index (χ0n) is 15.1. The fraction of sp³-hybridized carbons (Fsp3) is 0.263. The molecule has 1 fully saturated rings. The number of ether oxygens (including phenoxy) is 2. The van der Waals surface area contributed by atoms with Gasteiger partial charge in [0.2, 0.25) is 16.1 Å². The molecule has 2 aromatic carbocycles. The van der Waals surface area contributed by atoms with Crippen molar-refractivity contribution in [2.24, 2.45) is 5.14 Å². The standard InChI is InChI=1S/C19H20N2O6S/c1-26-16-10-9-14(28(20,24)25)11-15(16)19(23)27-17(12-5-3-2-4-6-12)18(22)21-13-7-8-13/h2-6,9-11,13,17H,7-8H2,1H3,(H,21,22)(H2,20,24,25). The van der Waals surface area contributed by atoms with Gasteiger partial charge in [-0.3, -0.25) is 4.79 Å². The topological polar surface area (TPSA) is 125 Å². The van der Waals surface area contributed by atoms with Crippen LogP contribution in [0.5, 0.6) is 5.75 Å². The maximum Gasteiger partial charge on any atom is 0.343 e. The van der Waals surface area contributed by atoms with Crippen LogP contribution in [0.1, 0.15) is 34.9 Å². The first-order valence-electron chi connectivity index (χ1n) is 8.56. The van der Waals surface area contributed by atoms with E-state index in [-0.39, 0.29) is 22.3 Å². The molecule has 9 heteroatoms. The van der Waals surface area contributed by atoms with E-state index in [0.29, 0.717) is 5.56 Å². The third kappa shape index (κ3) is 4.68. The SMILES string of the molecule is COc1ccc(S(N)(=O)=O)cc1C(=O)OC(C(=O)NC1CC1)c1ccccc1. The first kappa shape index (κ1) is 19.8. The largest absolute Gasteiger partial charge is 0.496 e. The van der Waals surface area contributed by atoms with Gasteiger partial charge in [-0.15, -0.1) is 0 Å². The smallest absolute Gasteiger partial charge is 0.343 e. The van der Waals surface area contributed by atoms with Gasteiger partial charge >= 0.3 is 5.97 Å². The van der Waals surface area contributed by atoms with Crippen LogP contribution in [0.2, 0.25) is 0 Å². The Morgan fingerprint density at radius 3 is 2.39 bits per heavy atom. The number of primary sulfonamides is 1. The zero-order valence-corrected chi connectivity index (χ0v) is 15.9. The number of hydrogen-bond acceptors (Lipinski definition) is 6. The van der Waals surface area contributed by atoms with Gasteiger partial charge in [0.25, 0.3) is 5.91 Å². The molecule has 8 nitrogen and oxygen atoms in total. The monoisotopic (exact) mass is 404 g/mol. The number of sulfonamides is 1. The van der Waals surface area contributed by atoms with Gasteiger partial charge in [-0.1, -0.05) is 30.3 Å². The van der Waals surface area contributed by atoms with Crippen molar-refractivity contribution in [3.8, 4) is 5.75 Å². The number of benzene rings is 2. The van der Waals surface area contributed by atoms with E-state index in [2.05, 4.69) is 5.32 Å². The van der Waals surface area contributed by atoms with Gasteiger partial charge in [0.15, 0.2) is 0 Å². The van der Waals surface area contributed by atoms with Crippen LogP contribution < -0.4 is 15.2 Å². The Kier molecular flexibility index (Phi) is 5.66. The number of carbonyl (C=O) groups is 2. The van der Waals surface area contributed by atoms with Gasteiger partial charge in [-0.25, -0.2) is 18.4 Å². The van der Waals surface area contributed by atoms with Crippen molar-refractivity contribution in [1.29, 1.82) is 0 Å². The molecular formula is C19H20N2O6S. The van der Waals surface area contributed by atoms with E-state index < -0.39 is 28.0 Å². The Morgan fingerprint density at radius 1 is 1.14 bits per heavy atom. The number of hydrogen-bond donors (Lipinski definition) is 2. The third-order valence-electron chi connectivity index (χ3n) is 4.21. The molecular weight excluding hydrogens is 384 g/mol. The first-order valence-corrected chi connectivity index (χ1v) is 10.1. The number of nitrogens with one attached hydrogen (secondary N) is 1. The average Bonchev–Trinajstić information content (AvgIpc) is 3.49. The van der Waals surface area contributed by atoms with E-state index in [1.165, 1.54) is 19.2 Å². The summed E-state index contributed by atoms with van der Waals surface area (Å²) in [5, 5.41) is 7.95. The second-order valence-electron chi connectivity index (χ2n) is 6.39. The number of esters is 1. The minimum absolute atomic E-state index is 0.0812. The van der Waals surface area contributed by atoms with E-state index in [1.54, 1.807) is 30.3 Å². The van der Waals surface area contributed by atoms with E-state index in [0.717, 1.165) is 18.9 Å². The second kappa shape index (κ2) is 7.99. The lowest BCUT2D eigenvalue weighted by Crippen LogP contribution is -2.33. The van der Waals surface area contributed by atoms with Crippen molar-refractivity contribution in [3.63, 3.8) is 0 Å². The van der Waals surface area contributed by atoms with E-state index >= 15 is 0 Å². The summed E-state index contributed by atoms with van der Waals surface area (Å²) >= 11 is 0. The Hall–Kier alpha value is -2.91. The zero-order chi connectivity index (χ0) is 20.3. The van der Waals surface area contributed by atoms with Crippen LogP contribution in [0.3, 0.4) is 0 Å². The summed E-state index contributed by atoms with van der Waals surface area (Å²) in [7, 11) is -2.70. The maximum atomic E-state index is 12.8. The summed E-state index contributed by atoms with van der Waals surface area (Å²) in [6.45, 7) is 0. The van der Waals surface area contributed by atoms with Gasteiger partial charge in [0.05, 0.1) is 12.0 Å². The van der Waals surface area contributed by atoms with Crippen molar-refractivity contribution in [2.45, 2.75) is 29.9 Å². The molecule has 148 valence electrons. The van der Waals surface area contributed by atoms with Crippen molar-refractivity contribution < 1.29 is 27.5 Å². The van der Waals surface area contributed by atoms with E-state index in [9.17, 15) is 18.0 Å². The molecule has 0 aromatic heterocycles. The molecule has 0 saturated heterocycles. The summed E-state index contributed by atoms with van der Waals surface area (Å²) in [5.41, 5.74) is 0.352. The Balaban J connectivity index is 1.92. The highest BCUT2D eigenvalue weighted by atomic mass is 32.2. The van der Waals surface area contributed by atoms with Crippen LogP contribution in [0, 0.1) is 0 Å². The fourth-order valence-electron chi connectivity index (χ4n) is 2.60. The molecule has 0 aliphatic heterocycles. The Labute approximate surface area is 162 Å². The lowest BCUT2D eigenvalue weighted by atomic mass is 10.1. The molecule has 1 unspecified atom stereocenters. The van der Waals surface area contributed by atoms with E-state index in [4.69, 9.17) is 14.6 Å². The third-order valence-corrected chi connectivity index (χ3v) is 5.12. The van der Waals surface area contributed by atoms with Crippen LogP contribution in [0.15, 0.2) is 53.4 Å². The minimum Gasteiger partial charge on any atom is -0.496 e. The molecule has 1 amide bonds. The van der Waals surface area contributed by atoms with Crippen LogP contribution in [-0.2, 0) is 19.6 Å². The summed E-state index contributed by atoms with van der Waals surface area (Å²) < 4.78 is 33.8. The quantitative estimate of drug-likeness (QED) is 0.674. The fourth-order valence-corrected chi connectivity index (χ4v) is 3.14. The molecule has 0 radical (unpaired) electrons. The highest BCUT2D eigenvalue weighted by Gasteiger charge is 2.32. The molecule has 1 saturated carbocycles. The lowest BCUT2D eigenvalue weighted by Gasteiger charge is -2.19. The number of methoxy groups -OCH3 is 1. The number of nitrogens with two attached hydrogens (primary N) is 1. The normalized spacial score (nSPS) is 14.8. The molecule has 0 heterocycles. The summed E-state index contributed by atoms with van der Waals surface area (Å²) in [5.74, 6) is -1.24. The number of amides is 1. The average molecular weight is 404 g/mol. The highest BCUT2D eigenvalue weighted by molar-refractivity contribution is 7.89. The molecule has 0 spiro atoms. The maximum absolute atomic E-state index is 12.8. The van der Waals surface area contributed by atoms with Crippen molar-refractivity contribution in [2.75, 3.05) is 7.11 Å². The molecule has 3 N–H and O–H groups in total. The second-order valence-corrected chi connectivity index (χ2v) is 7.95. The van der Waals surface area contributed by atoms with Crippen molar-refractivity contribution in [1.82, 2.24) is 5.32 Å². The van der Waals surface area contributed by atoms with Crippen molar-refractivity contribution in [3.05, 3.63) is 59.7 Å². The van der Waals surface area contributed by atoms with Gasteiger partial charge in [-0.2, -0.15) is 0 Å². The summed E-state index contributed by atoms with van der Waals surface area (Å²) in [6.07, 6.45) is 0.578. The molecule has 0 bridgehead atoms. The lowest BCUT2D eigenvalue weighted by molar-refractivity contribution is -0.130. The first-order chi connectivity index (χ1) is 13.3. The summed E-state index contributed by atoms with van der Waals surface area (Å²) in [4.78, 5) is 25.1. The van der Waals surface area contributed by atoms with E-state index in [1.807, 2.05) is 0 Å². The number of rotatable bonds is 7. The van der Waals surface area contributed by atoms with Gasteiger partial charge < -0.3 is 14.8 Å². The predicted molar refractivity (Wildman–Crippen MR) is 100 cm³/mol. The van der Waals surface area contributed by atoms with Crippen LogP contribution >= 0.6 is 0 Å².